The zero-order chi connectivity index (χ0) is 13.3. The summed E-state index contributed by atoms with van der Waals surface area (Å²) in [5.41, 5.74) is 0.836. The summed E-state index contributed by atoms with van der Waals surface area (Å²) in [4.78, 5) is 0. The second kappa shape index (κ2) is 5.63. The largest absolute Gasteiger partial charge is 0.496 e. The van der Waals surface area contributed by atoms with Crippen LogP contribution in [-0.4, -0.2) is 13.2 Å². The van der Waals surface area contributed by atoms with Crippen molar-refractivity contribution >= 4 is 42.8 Å². The van der Waals surface area contributed by atoms with Crippen molar-refractivity contribution in [1.29, 1.82) is 0 Å². The summed E-state index contributed by atoms with van der Waals surface area (Å²) in [5.74, 6) is 1.70. The molecule has 5 heteroatoms. The van der Waals surface area contributed by atoms with Crippen LogP contribution in [0.15, 0.2) is 25.5 Å². The molecule has 0 fully saturated rings. The van der Waals surface area contributed by atoms with Crippen LogP contribution < -0.4 is 10.1 Å². The number of hydrogen-bond donors (Lipinski definition) is 1. The molecule has 18 heavy (non-hydrogen) atoms. The molecule has 0 saturated heterocycles. The number of ether oxygens (including phenoxy) is 1. The highest BCUT2D eigenvalue weighted by Crippen LogP contribution is 2.39. The van der Waals surface area contributed by atoms with Crippen LogP contribution in [0.1, 0.15) is 19.6 Å². The second-order valence-electron chi connectivity index (χ2n) is 4.37. The van der Waals surface area contributed by atoms with Crippen LogP contribution >= 0.6 is 31.9 Å². The van der Waals surface area contributed by atoms with Crippen LogP contribution in [0.2, 0.25) is 0 Å². The molecule has 0 spiro atoms. The van der Waals surface area contributed by atoms with Gasteiger partial charge in [0.1, 0.15) is 17.1 Å². The molecular formula is C13H15Br2NO2. The number of nitrogens with one attached hydrogen (secondary N) is 1. The van der Waals surface area contributed by atoms with Gasteiger partial charge in [0.2, 0.25) is 0 Å². The highest BCUT2D eigenvalue weighted by molar-refractivity contribution is 9.11. The van der Waals surface area contributed by atoms with Crippen molar-refractivity contribution < 1.29 is 9.15 Å². The van der Waals surface area contributed by atoms with E-state index in [1.807, 2.05) is 12.1 Å². The Morgan fingerprint density at radius 1 is 1.33 bits per heavy atom. The van der Waals surface area contributed by atoms with Gasteiger partial charge in [0.25, 0.3) is 0 Å². The molecular weight excluding hydrogens is 362 g/mol. The Balaban J connectivity index is 2.44. The van der Waals surface area contributed by atoms with E-state index in [1.165, 1.54) is 0 Å². The van der Waals surface area contributed by atoms with Crippen molar-refractivity contribution in [3.05, 3.63) is 26.8 Å². The Kier molecular flexibility index (Phi) is 4.35. The fourth-order valence-electron chi connectivity index (χ4n) is 1.70. The Hall–Kier alpha value is -0.520. The SMILES string of the molecule is COc1cc(Br)c2oc(CNC(C)C)cc2c1Br. The maximum atomic E-state index is 5.83. The Bertz CT molecular complexity index is 564. The van der Waals surface area contributed by atoms with Gasteiger partial charge in [0.05, 0.1) is 22.6 Å². The summed E-state index contributed by atoms with van der Waals surface area (Å²) in [5, 5.41) is 4.35. The van der Waals surface area contributed by atoms with Gasteiger partial charge >= 0.3 is 0 Å². The van der Waals surface area contributed by atoms with Gasteiger partial charge in [0.15, 0.2) is 0 Å². The number of hydrogen-bond acceptors (Lipinski definition) is 3. The van der Waals surface area contributed by atoms with Crippen molar-refractivity contribution in [3.63, 3.8) is 0 Å². The predicted molar refractivity (Wildman–Crippen MR) is 80.1 cm³/mol. The van der Waals surface area contributed by atoms with Gasteiger partial charge in [-0.25, -0.2) is 0 Å². The fourth-order valence-corrected chi connectivity index (χ4v) is 2.77. The minimum Gasteiger partial charge on any atom is -0.496 e. The van der Waals surface area contributed by atoms with Gasteiger partial charge in [-0.15, -0.1) is 0 Å². The molecule has 0 aliphatic rings. The summed E-state index contributed by atoms with van der Waals surface area (Å²) in [6.45, 7) is 4.93. The molecule has 3 nitrogen and oxygen atoms in total. The Morgan fingerprint density at radius 3 is 2.67 bits per heavy atom. The molecule has 1 N–H and O–H groups in total. The highest BCUT2D eigenvalue weighted by atomic mass is 79.9. The van der Waals surface area contributed by atoms with Gasteiger partial charge in [-0.05, 0) is 44.0 Å². The fraction of sp³-hybridized carbons (Fsp3) is 0.385. The first kappa shape index (κ1) is 13.9. The standard InChI is InChI=1S/C13H15Br2NO2/c1-7(2)16-6-8-4-9-12(15)11(17-3)5-10(14)13(9)18-8/h4-5,7,16H,6H2,1-3H3. The van der Waals surface area contributed by atoms with E-state index in [-0.39, 0.29) is 0 Å². The molecule has 0 atom stereocenters. The van der Waals surface area contributed by atoms with E-state index in [0.29, 0.717) is 12.6 Å². The molecule has 1 heterocycles. The molecule has 0 saturated carbocycles. The first-order valence-corrected chi connectivity index (χ1v) is 7.29. The van der Waals surface area contributed by atoms with Crippen LogP contribution in [0.5, 0.6) is 5.75 Å². The molecule has 1 aromatic carbocycles. The van der Waals surface area contributed by atoms with Crippen molar-refractivity contribution in [2.45, 2.75) is 26.4 Å². The van der Waals surface area contributed by atoms with Crippen molar-refractivity contribution in [2.24, 2.45) is 0 Å². The third kappa shape index (κ3) is 2.73. The zero-order valence-electron chi connectivity index (χ0n) is 10.5. The van der Waals surface area contributed by atoms with E-state index in [2.05, 4.69) is 51.0 Å². The second-order valence-corrected chi connectivity index (χ2v) is 6.01. The summed E-state index contributed by atoms with van der Waals surface area (Å²) >= 11 is 7.04. The van der Waals surface area contributed by atoms with Gasteiger partial charge in [0, 0.05) is 11.4 Å². The molecule has 0 aliphatic heterocycles. The van der Waals surface area contributed by atoms with Crippen molar-refractivity contribution in [2.75, 3.05) is 7.11 Å². The molecule has 0 bridgehead atoms. The number of rotatable bonds is 4. The van der Waals surface area contributed by atoms with Crippen LogP contribution in [0.3, 0.4) is 0 Å². The lowest BCUT2D eigenvalue weighted by Crippen LogP contribution is -2.21. The lowest BCUT2D eigenvalue weighted by atomic mass is 10.2. The van der Waals surface area contributed by atoms with E-state index in [9.17, 15) is 0 Å². The van der Waals surface area contributed by atoms with Gasteiger partial charge < -0.3 is 14.5 Å². The smallest absolute Gasteiger partial charge is 0.149 e. The van der Waals surface area contributed by atoms with Crippen LogP contribution in [0.4, 0.5) is 0 Å². The summed E-state index contributed by atoms with van der Waals surface area (Å²) < 4.78 is 13.0. The number of halogens is 2. The predicted octanol–water partition coefficient (Wildman–Crippen LogP) is 4.46. The average molecular weight is 377 g/mol. The molecule has 2 aromatic rings. The van der Waals surface area contributed by atoms with Gasteiger partial charge in [-0.1, -0.05) is 13.8 Å². The van der Waals surface area contributed by atoms with Crippen LogP contribution in [-0.2, 0) is 6.54 Å². The van der Waals surface area contributed by atoms with E-state index in [1.54, 1.807) is 7.11 Å². The highest BCUT2D eigenvalue weighted by Gasteiger charge is 2.14. The molecule has 0 radical (unpaired) electrons. The molecule has 0 aliphatic carbocycles. The number of methoxy groups -OCH3 is 1. The zero-order valence-corrected chi connectivity index (χ0v) is 13.7. The Morgan fingerprint density at radius 2 is 2.06 bits per heavy atom. The van der Waals surface area contributed by atoms with E-state index >= 15 is 0 Å². The van der Waals surface area contributed by atoms with E-state index in [0.717, 1.165) is 31.4 Å². The van der Waals surface area contributed by atoms with Crippen LogP contribution in [0.25, 0.3) is 11.0 Å². The topological polar surface area (TPSA) is 34.4 Å². The van der Waals surface area contributed by atoms with Crippen molar-refractivity contribution in [1.82, 2.24) is 5.32 Å². The van der Waals surface area contributed by atoms with Crippen molar-refractivity contribution in [3.8, 4) is 5.75 Å². The van der Waals surface area contributed by atoms with Gasteiger partial charge in [-0.3, -0.25) is 0 Å². The average Bonchev–Trinajstić information content (AvgIpc) is 2.76. The lowest BCUT2D eigenvalue weighted by molar-refractivity contribution is 0.412. The Labute approximate surface area is 123 Å². The molecule has 1 aromatic heterocycles. The molecule has 98 valence electrons. The first-order valence-electron chi connectivity index (χ1n) is 5.70. The minimum absolute atomic E-state index is 0.430. The summed E-state index contributed by atoms with van der Waals surface area (Å²) in [6.07, 6.45) is 0. The normalized spacial score (nSPS) is 11.4. The van der Waals surface area contributed by atoms with E-state index < -0.39 is 0 Å². The maximum Gasteiger partial charge on any atom is 0.149 e. The maximum absolute atomic E-state index is 5.83. The lowest BCUT2D eigenvalue weighted by Gasteiger charge is -2.04. The summed E-state index contributed by atoms with van der Waals surface area (Å²) in [7, 11) is 1.65. The van der Waals surface area contributed by atoms with Gasteiger partial charge in [-0.2, -0.15) is 0 Å². The number of fused-ring (bicyclic) bond motifs is 1. The minimum atomic E-state index is 0.430. The monoisotopic (exact) mass is 375 g/mol. The molecule has 0 amide bonds. The molecule has 0 unspecified atom stereocenters. The first-order chi connectivity index (χ1) is 8.52. The third-order valence-corrected chi connectivity index (χ3v) is 4.02. The molecule has 2 rings (SSSR count). The number of benzene rings is 1. The number of furan rings is 1. The van der Waals surface area contributed by atoms with E-state index in [4.69, 9.17) is 9.15 Å². The third-order valence-electron chi connectivity index (χ3n) is 2.62. The quantitative estimate of drug-likeness (QED) is 0.855. The van der Waals surface area contributed by atoms with Crippen LogP contribution in [0, 0.1) is 0 Å². The summed E-state index contributed by atoms with van der Waals surface area (Å²) in [6, 6.07) is 4.36.